The second-order valence-electron chi connectivity index (χ2n) is 5.91. The predicted molar refractivity (Wildman–Crippen MR) is 100 cm³/mol. The largest absolute Gasteiger partial charge is 0.466 e. The third-order valence-electron chi connectivity index (χ3n) is 3.66. The molecule has 2 aromatic rings. The van der Waals surface area contributed by atoms with Gasteiger partial charge in [-0.3, -0.25) is 9.59 Å². The molecule has 0 saturated heterocycles. The molecule has 1 N–H and O–H groups in total. The maximum absolute atomic E-state index is 13.0. The first-order chi connectivity index (χ1) is 13.5. The number of aromatic nitrogens is 2. The lowest BCUT2D eigenvalue weighted by Crippen LogP contribution is -2.31. The highest BCUT2D eigenvalue weighted by atomic mass is 19.1. The van der Waals surface area contributed by atoms with Crippen LogP contribution in [-0.2, 0) is 20.9 Å². The van der Waals surface area contributed by atoms with Gasteiger partial charge in [-0.25, -0.2) is 4.39 Å². The first-order valence-electron chi connectivity index (χ1n) is 8.82. The van der Waals surface area contributed by atoms with Gasteiger partial charge in [-0.15, -0.1) is 10.2 Å². The zero-order valence-corrected chi connectivity index (χ0v) is 15.9. The summed E-state index contributed by atoms with van der Waals surface area (Å²) in [5.41, 5.74) is 0.936. The summed E-state index contributed by atoms with van der Waals surface area (Å²) >= 11 is 0. The van der Waals surface area contributed by atoms with E-state index < -0.39 is 0 Å². The van der Waals surface area contributed by atoms with Gasteiger partial charge in [-0.05, 0) is 30.7 Å². The summed E-state index contributed by atoms with van der Waals surface area (Å²) in [5.74, 6) is -0.203. The van der Waals surface area contributed by atoms with Crippen molar-refractivity contribution >= 4 is 17.7 Å². The Bertz CT molecular complexity index is 769. The van der Waals surface area contributed by atoms with Crippen LogP contribution in [0.1, 0.15) is 18.9 Å². The fourth-order valence-electron chi connectivity index (χ4n) is 2.27. The van der Waals surface area contributed by atoms with Crippen LogP contribution in [0.5, 0.6) is 5.88 Å². The summed E-state index contributed by atoms with van der Waals surface area (Å²) in [4.78, 5) is 24.7. The number of ether oxygens (including phenoxy) is 2. The van der Waals surface area contributed by atoms with Gasteiger partial charge in [-0.2, -0.15) is 0 Å². The fraction of sp³-hybridized carbons (Fsp3) is 0.368. The van der Waals surface area contributed by atoms with Gasteiger partial charge >= 0.3 is 5.97 Å². The number of hydrogen-bond donors (Lipinski definition) is 1. The van der Waals surface area contributed by atoms with Gasteiger partial charge in [0, 0.05) is 26.2 Å². The van der Waals surface area contributed by atoms with Crippen LogP contribution in [-0.4, -0.2) is 48.9 Å². The molecule has 2 rings (SSSR count). The number of halogens is 1. The SMILES string of the molecule is CCOC(=O)CCNC(=O)COc1ccc(N(C)Cc2ccc(F)cc2)nn1. The number of amides is 1. The summed E-state index contributed by atoms with van der Waals surface area (Å²) in [6.45, 7) is 2.51. The highest BCUT2D eigenvalue weighted by molar-refractivity contribution is 5.78. The average Bonchev–Trinajstić information content (AvgIpc) is 2.69. The molecule has 1 aromatic heterocycles. The average molecular weight is 390 g/mol. The fourth-order valence-corrected chi connectivity index (χ4v) is 2.27. The van der Waals surface area contributed by atoms with Crippen molar-refractivity contribution in [3.05, 3.63) is 47.8 Å². The van der Waals surface area contributed by atoms with Gasteiger partial charge < -0.3 is 19.7 Å². The molecular weight excluding hydrogens is 367 g/mol. The van der Waals surface area contributed by atoms with E-state index in [-0.39, 0.29) is 43.1 Å². The standard InChI is InChI=1S/C19H23FN4O4/c1-3-27-19(26)10-11-21-17(25)13-28-18-9-8-16(22-23-18)24(2)12-14-4-6-15(20)7-5-14/h4-9H,3,10-13H2,1-2H3,(H,21,25). The molecular formula is C19H23FN4O4. The van der Waals surface area contributed by atoms with Crippen molar-refractivity contribution in [3.8, 4) is 5.88 Å². The number of esters is 1. The van der Waals surface area contributed by atoms with E-state index in [2.05, 4.69) is 15.5 Å². The minimum atomic E-state index is -0.372. The topological polar surface area (TPSA) is 93.6 Å². The first kappa shape index (κ1) is 21.1. The number of hydrogen-bond acceptors (Lipinski definition) is 7. The molecule has 0 aliphatic heterocycles. The van der Waals surface area contributed by atoms with E-state index in [0.29, 0.717) is 19.0 Å². The Balaban J connectivity index is 1.75. The van der Waals surface area contributed by atoms with Gasteiger partial charge in [-0.1, -0.05) is 12.1 Å². The number of nitrogens with zero attached hydrogens (tertiary/aromatic N) is 3. The number of nitrogens with one attached hydrogen (secondary N) is 1. The highest BCUT2D eigenvalue weighted by Crippen LogP contribution is 2.14. The number of rotatable bonds is 10. The normalized spacial score (nSPS) is 10.2. The summed E-state index contributed by atoms with van der Waals surface area (Å²) < 4.78 is 23.0. The number of anilines is 1. The molecule has 0 aliphatic rings. The van der Waals surface area contributed by atoms with Crippen LogP contribution in [0.4, 0.5) is 10.2 Å². The smallest absolute Gasteiger partial charge is 0.307 e. The predicted octanol–water partition coefficient (Wildman–Crippen LogP) is 1.70. The lowest BCUT2D eigenvalue weighted by Gasteiger charge is -2.17. The Kier molecular flexibility index (Phi) is 8.13. The second kappa shape index (κ2) is 10.8. The molecule has 0 aliphatic carbocycles. The van der Waals surface area contributed by atoms with Crippen molar-refractivity contribution in [1.82, 2.24) is 15.5 Å². The molecule has 0 spiro atoms. The van der Waals surface area contributed by atoms with E-state index in [1.165, 1.54) is 12.1 Å². The van der Waals surface area contributed by atoms with Gasteiger partial charge in [0.15, 0.2) is 12.4 Å². The molecule has 9 heteroatoms. The third kappa shape index (κ3) is 7.18. The molecule has 1 heterocycles. The van der Waals surface area contributed by atoms with E-state index in [0.717, 1.165) is 5.56 Å². The minimum absolute atomic E-state index is 0.106. The Hall–Kier alpha value is -3.23. The van der Waals surface area contributed by atoms with Crippen LogP contribution >= 0.6 is 0 Å². The Morgan fingerprint density at radius 2 is 1.89 bits per heavy atom. The van der Waals surface area contributed by atoms with Crippen molar-refractivity contribution < 1.29 is 23.5 Å². The molecule has 0 radical (unpaired) electrons. The Labute approximate surface area is 162 Å². The summed E-state index contributed by atoms with van der Waals surface area (Å²) in [5, 5.41) is 10.5. The summed E-state index contributed by atoms with van der Waals surface area (Å²) in [6.07, 6.45) is 0.106. The lowest BCUT2D eigenvalue weighted by atomic mass is 10.2. The van der Waals surface area contributed by atoms with Crippen molar-refractivity contribution in [1.29, 1.82) is 0 Å². The third-order valence-corrected chi connectivity index (χ3v) is 3.66. The molecule has 0 atom stereocenters. The molecule has 1 amide bonds. The van der Waals surface area contributed by atoms with E-state index in [1.54, 1.807) is 31.2 Å². The minimum Gasteiger partial charge on any atom is -0.466 e. The Morgan fingerprint density at radius 1 is 1.14 bits per heavy atom. The summed E-state index contributed by atoms with van der Waals surface area (Å²) in [6, 6.07) is 9.54. The highest BCUT2D eigenvalue weighted by Gasteiger charge is 2.08. The van der Waals surface area contributed by atoms with Crippen LogP contribution in [0.3, 0.4) is 0 Å². The maximum atomic E-state index is 13.0. The van der Waals surface area contributed by atoms with E-state index >= 15 is 0 Å². The molecule has 0 bridgehead atoms. The Morgan fingerprint density at radius 3 is 2.54 bits per heavy atom. The monoisotopic (exact) mass is 390 g/mol. The van der Waals surface area contributed by atoms with Crippen molar-refractivity contribution in [2.75, 3.05) is 31.7 Å². The van der Waals surface area contributed by atoms with Crippen LogP contribution in [0.15, 0.2) is 36.4 Å². The van der Waals surface area contributed by atoms with E-state index in [4.69, 9.17) is 9.47 Å². The molecule has 1 aromatic carbocycles. The van der Waals surface area contributed by atoms with Crippen molar-refractivity contribution in [2.45, 2.75) is 19.9 Å². The quantitative estimate of drug-likeness (QED) is 0.617. The number of carbonyl (C=O) groups is 2. The van der Waals surface area contributed by atoms with Crippen molar-refractivity contribution in [3.63, 3.8) is 0 Å². The van der Waals surface area contributed by atoms with Crippen LogP contribution in [0.2, 0.25) is 0 Å². The van der Waals surface area contributed by atoms with Crippen LogP contribution in [0.25, 0.3) is 0 Å². The maximum Gasteiger partial charge on any atom is 0.307 e. The molecule has 8 nitrogen and oxygen atoms in total. The van der Waals surface area contributed by atoms with Gasteiger partial charge in [0.1, 0.15) is 5.82 Å². The van der Waals surface area contributed by atoms with Crippen molar-refractivity contribution in [2.24, 2.45) is 0 Å². The zero-order valence-electron chi connectivity index (χ0n) is 15.9. The van der Waals surface area contributed by atoms with E-state index in [9.17, 15) is 14.0 Å². The van der Waals surface area contributed by atoms with Gasteiger partial charge in [0.05, 0.1) is 13.0 Å². The number of benzene rings is 1. The lowest BCUT2D eigenvalue weighted by molar-refractivity contribution is -0.143. The first-order valence-corrected chi connectivity index (χ1v) is 8.82. The van der Waals surface area contributed by atoms with Crippen LogP contribution in [0, 0.1) is 5.82 Å². The van der Waals surface area contributed by atoms with Crippen LogP contribution < -0.4 is 15.0 Å². The van der Waals surface area contributed by atoms with Gasteiger partial charge in [0.2, 0.25) is 5.88 Å². The zero-order chi connectivity index (χ0) is 20.4. The second-order valence-corrected chi connectivity index (χ2v) is 5.91. The number of carbonyl (C=O) groups excluding carboxylic acids is 2. The van der Waals surface area contributed by atoms with E-state index in [1.807, 2.05) is 11.9 Å². The summed E-state index contributed by atoms with van der Waals surface area (Å²) in [7, 11) is 1.84. The molecule has 0 saturated carbocycles. The van der Waals surface area contributed by atoms with Gasteiger partial charge in [0.25, 0.3) is 5.91 Å². The molecule has 0 unspecified atom stereocenters. The molecule has 28 heavy (non-hydrogen) atoms. The molecule has 0 fully saturated rings. The molecule has 150 valence electrons.